The molecule has 0 spiro atoms. The maximum atomic E-state index is 13.2. The second kappa shape index (κ2) is 7.38. The van der Waals surface area contributed by atoms with E-state index in [1.54, 1.807) is 48.7 Å². The number of benzene rings is 2. The number of nitrogens with zero attached hydrogens (tertiary/aromatic N) is 3. The molecule has 0 unspecified atom stereocenters. The van der Waals surface area contributed by atoms with E-state index >= 15 is 0 Å². The number of hydrogen-bond donors (Lipinski definition) is 0. The zero-order valence-corrected chi connectivity index (χ0v) is 16.3. The van der Waals surface area contributed by atoms with Gasteiger partial charge < -0.3 is 4.90 Å². The standard InChI is InChI=1S/C20H20F3N3O2S/c21-20(22,23)15-24-10-12-25(13-11-24)19-14-26(18-9-5-4-8-17(18)19)29(27,28)16-6-2-1-3-7-16/h1-9,14H,10-13,15H2. The number of para-hydroxylation sites is 1. The van der Waals surface area contributed by atoms with E-state index in [9.17, 15) is 21.6 Å². The minimum atomic E-state index is -4.22. The number of alkyl halides is 3. The first-order chi connectivity index (χ1) is 13.8. The van der Waals surface area contributed by atoms with Crippen molar-refractivity contribution in [2.45, 2.75) is 11.1 Å². The molecule has 0 amide bonds. The van der Waals surface area contributed by atoms with Crippen LogP contribution < -0.4 is 4.90 Å². The summed E-state index contributed by atoms with van der Waals surface area (Å²) >= 11 is 0. The van der Waals surface area contributed by atoms with E-state index in [1.807, 2.05) is 17.0 Å². The molecule has 0 radical (unpaired) electrons. The fourth-order valence-electron chi connectivity index (χ4n) is 3.69. The van der Waals surface area contributed by atoms with Crippen LogP contribution in [0.4, 0.5) is 18.9 Å². The van der Waals surface area contributed by atoms with Crippen molar-refractivity contribution in [3.8, 4) is 0 Å². The molecule has 1 fully saturated rings. The lowest BCUT2D eigenvalue weighted by molar-refractivity contribution is -0.146. The number of aromatic nitrogens is 1. The van der Waals surface area contributed by atoms with Crippen LogP contribution in [0.1, 0.15) is 0 Å². The van der Waals surface area contributed by atoms with Crippen LogP contribution in [0.2, 0.25) is 0 Å². The topological polar surface area (TPSA) is 45.6 Å². The molecule has 1 saturated heterocycles. The van der Waals surface area contributed by atoms with Crippen LogP contribution >= 0.6 is 0 Å². The zero-order valence-electron chi connectivity index (χ0n) is 15.5. The van der Waals surface area contributed by atoms with Crippen LogP contribution in [-0.2, 0) is 10.0 Å². The SMILES string of the molecule is O=S(=O)(c1ccccc1)n1cc(N2CCN(CC(F)(F)F)CC2)c2ccccc21. The fourth-order valence-corrected chi connectivity index (χ4v) is 5.07. The Hall–Kier alpha value is -2.52. The van der Waals surface area contributed by atoms with Gasteiger partial charge in [0.05, 0.1) is 22.6 Å². The molecule has 154 valence electrons. The Balaban J connectivity index is 1.68. The van der Waals surface area contributed by atoms with E-state index in [0.29, 0.717) is 24.3 Å². The summed E-state index contributed by atoms with van der Waals surface area (Å²) < 4.78 is 65.5. The van der Waals surface area contributed by atoms with Crippen LogP contribution in [0.15, 0.2) is 65.7 Å². The van der Waals surface area contributed by atoms with Crippen LogP contribution in [0.3, 0.4) is 0 Å². The average molecular weight is 423 g/mol. The van der Waals surface area contributed by atoms with Crippen LogP contribution in [0, 0.1) is 0 Å². The molecule has 0 bridgehead atoms. The van der Waals surface area contributed by atoms with Gasteiger partial charge in [-0.15, -0.1) is 0 Å². The first-order valence-corrected chi connectivity index (χ1v) is 10.6. The number of hydrogen-bond acceptors (Lipinski definition) is 4. The molecule has 3 aromatic rings. The largest absolute Gasteiger partial charge is 0.401 e. The van der Waals surface area contributed by atoms with E-state index in [4.69, 9.17) is 0 Å². The first-order valence-electron chi connectivity index (χ1n) is 9.20. The van der Waals surface area contributed by atoms with Crippen LogP contribution in [0.25, 0.3) is 10.9 Å². The first kappa shape index (κ1) is 19.8. The van der Waals surface area contributed by atoms with Gasteiger partial charge in [0.25, 0.3) is 10.0 Å². The highest BCUT2D eigenvalue weighted by Gasteiger charge is 2.33. The summed E-state index contributed by atoms with van der Waals surface area (Å²) in [5.41, 5.74) is 1.26. The molecule has 0 atom stereocenters. The molecule has 0 saturated carbocycles. The van der Waals surface area contributed by atoms with Crippen molar-refractivity contribution in [1.29, 1.82) is 0 Å². The molecule has 29 heavy (non-hydrogen) atoms. The van der Waals surface area contributed by atoms with Crippen LogP contribution in [-0.4, -0.2) is 56.2 Å². The van der Waals surface area contributed by atoms with Gasteiger partial charge in [-0.05, 0) is 18.2 Å². The molecular formula is C20H20F3N3O2S. The lowest BCUT2D eigenvalue weighted by atomic mass is 10.2. The Bertz CT molecular complexity index is 1100. The Labute approximate surface area is 167 Å². The summed E-state index contributed by atoms with van der Waals surface area (Å²) in [5, 5.41) is 0.760. The number of anilines is 1. The minimum Gasteiger partial charge on any atom is -0.367 e. The number of piperazine rings is 1. The van der Waals surface area contributed by atoms with Crippen LogP contribution in [0.5, 0.6) is 0 Å². The van der Waals surface area contributed by atoms with E-state index in [1.165, 1.54) is 8.87 Å². The summed E-state index contributed by atoms with van der Waals surface area (Å²) in [4.78, 5) is 3.50. The van der Waals surface area contributed by atoms with Crippen molar-refractivity contribution < 1.29 is 21.6 Å². The summed E-state index contributed by atoms with van der Waals surface area (Å²) in [6, 6.07) is 15.3. The quantitative estimate of drug-likeness (QED) is 0.644. The summed E-state index contributed by atoms with van der Waals surface area (Å²) in [6.45, 7) is 0.408. The third-order valence-corrected chi connectivity index (χ3v) is 6.76. The highest BCUT2D eigenvalue weighted by atomic mass is 32.2. The smallest absolute Gasteiger partial charge is 0.367 e. The number of rotatable bonds is 4. The Morgan fingerprint density at radius 2 is 1.48 bits per heavy atom. The van der Waals surface area contributed by atoms with Gasteiger partial charge in [-0.3, -0.25) is 4.90 Å². The normalized spacial score (nSPS) is 16.4. The average Bonchev–Trinajstić information content (AvgIpc) is 3.09. The maximum absolute atomic E-state index is 13.2. The molecule has 0 N–H and O–H groups in total. The van der Waals surface area contributed by atoms with Gasteiger partial charge in [-0.25, -0.2) is 12.4 Å². The van der Waals surface area contributed by atoms with E-state index < -0.39 is 22.7 Å². The van der Waals surface area contributed by atoms with Crippen molar-refractivity contribution in [2.75, 3.05) is 37.6 Å². The van der Waals surface area contributed by atoms with Crippen molar-refractivity contribution in [3.63, 3.8) is 0 Å². The molecule has 1 aromatic heterocycles. The predicted octanol–water partition coefficient (Wildman–Crippen LogP) is 3.56. The van der Waals surface area contributed by atoms with E-state index in [-0.39, 0.29) is 18.0 Å². The Morgan fingerprint density at radius 1 is 0.862 bits per heavy atom. The highest BCUT2D eigenvalue weighted by molar-refractivity contribution is 7.90. The zero-order chi connectivity index (χ0) is 20.6. The monoisotopic (exact) mass is 423 g/mol. The fraction of sp³-hybridized carbons (Fsp3) is 0.300. The third kappa shape index (κ3) is 3.97. The highest BCUT2D eigenvalue weighted by Crippen LogP contribution is 2.32. The van der Waals surface area contributed by atoms with Gasteiger partial charge in [0.2, 0.25) is 0 Å². The van der Waals surface area contributed by atoms with Gasteiger partial charge >= 0.3 is 6.18 Å². The molecule has 1 aliphatic rings. The lowest BCUT2D eigenvalue weighted by Crippen LogP contribution is -2.49. The molecule has 0 aliphatic carbocycles. The van der Waals surface area contributed by atoms with Gasteiger partial charge in [0.1, 0.15) is 0 Å². The minimum absolute atomic E-state index is 0.183. The molecule has 5 nitrogen and oxygen atoms in total. The Kier molecular flexibility index (Phi) is 5.04. The van der Waals surface area contributed by atoms with Crippen molar-refractivity contribution in [2.24, 2.45) is 0 Å². The van der Waals surface area contributed by atoms with Gasteiger partial charge in [-0.2, -0.15) is 13.2 Å². The molecule has 4 rings (SSSR count). The molecule has 1 aliphatic heterocycles. The number of halogens is 3. The molecule has 9 heteroatoms. The van der Waals surface area contributed by atoms with Gasteiger partial charge in [0.15, 0.2) is 0 Å². The third-order valence-electron chi connectivity index (χ3n) is 5.07. The van der Waals surface area contributed by atoms with Gasteiger partial charge in [-0.1, -0.05) is 36.4 Å². The molecule has 2 heterocycles. The van der Waals surface area contributed by atoms with Crippen molar-refractivity contribution >= 4 is 26.6 Å². The lowest BCUT2D eigenvalue weighted by Gasteiger charge is -2.36. The van der Waals surface area contributed by atoms with Gasteiger partial charge in [0, 0.05) is 37.8 Å². The predicted molar refractivity (Wildman–Crippen MR) is 106 cm³/mol. The summed E-state index contributed by atoms with van der Waals surface area (Å²) in [5.74, 6) is 0. The van der Waals surface area contributed by atoms with Crippen molar-refractivity contribution in [3.05, 3.63) is 60.8 Å². The maximum Gasteiger partial charge on any atom is 0.401 e. The van der Waals surface area contributed by atoms with E-state index in [2.05, 4.69) is 0 Å². The molecule has 2 aromatic carbocycles. The second-order valence-corrected chi connectivity index (χ2v) is 8.84. The van der Waals surface area contributed by atoms with E-state index in [0.717, 1.165) is 5.39 Å². The number of fused-ring (bicyclic) bond motifs is 1. The Morgan fingerprint density at radius 3 is 2.14 bits per heavy atom. The summed E-state index contributed by atoms with van der Waals surface area (Å²) in [7, 11) is -3.79. The second-order valence-electron chi connectivity index (χ2n) is 7.02. The van der Waals surface area contributed by atoms with Crippen molar-refractivity contribution in [1.82, 2.24) is 8.87 Å². The summed E-state index contributed by atoms with van der Waals surface area (Å²) in [6.07, 6.45) is -2.64. The molecular weight excluding hydrogens is 403 g/mol.